The van der Waals surface area contributed by atoms with Crippen LogP contribution in [0, 0.1) is 0 Å². The van der Waals surface area contributed by atoms with Crippen LogP contribution in [-0.2, 0) is 6.54 Å². The Bertz CT molecular complexity index is 1240. The van der Waals surface area contributed by atoms with Crippen LogP contribution in [0.1, 0.15) is 36.8 Å². The molecule has 0 bridgehead atoms. The minimum absolute atomic E-state index is 0.0141. The largest absolute Gasteiger partial charge is 0.478 e. The van der Waals surface area contributed by atoms with Gasteiger partial charge in [0.15, 0.2) is 11.2 Å². The number of aromatic amines is 1. The van der Waals surface area contributed by atoms with Crippen LogP contribution in [0.3, 0.4) is 0 Å². The summed E-state index contributed by atoms with van der Waals surface area (Å²) in [7, 11) is 0. The number of aromatic carboxylic acids is 3. The predicted octanol–water partition coefficient (Wildman–Crippen LogP) is 0.00200. The highest BCUT2D eigenvalue weighted by atomic mass is 16.4. The van der Waals surface area contributed by atoms with Crippen molar-refractivity contribution in [3.63, 3.8) is 0 Å². The van der Waals surface area contributed by atoms with Crippen LogP contribution >= 0.6 is 0 Å². The molecule has 3 aromatic rings. The number of carboxylic acid groups (broad SMARTS) is 3. The molecule has 0 unspecified atom stereocenters. The Kier molecular flexibility index (Phi) is 4.79. The molecular weight excluding hydrogens is 388 g/mol. The van der Waals surface area contributed by atoms with Gasteiger partial charge in [-0.25, -0.2) is 24.4 Å². The predicted molar refractivity (Wildman–Crippen MR) is 97.0 cm³/mol. The van der Waals surface area contributed by atoms with Crippen molar-refractivity contribution in [1.82, 2.24) is 19.9 Å². The molecular formula is C16H12N6O7. The fraction of sp³-hybridized carbons (Fsp3) is 0.0625. The van der Waals surface area contributed by atoms with Gasteiger partial charge >= 0.3 is 17.9 Å². The van der Waals surface area contributed by atoms with E-state index in [0.717, 1.165) is 12.1 Å². The van der Waals surface area contributed by atoms with Crippen LogP contribution in [0.25, 0.3) is 11.2 Å². The number of nitrogens with two attached hydrogens (primary N) is 1. The number of anilines is 2. The number of H-pyrrole nitrogens is 1. The van der Waals surface area contributed by atoms with E-state index in [4.69, 9.17) is 10.8 Å². The minimum Gasteiger partial charge on any atom is -0.478 e. The van der Waals surface area contributed by atoms with Crippen molar-refractivity contribution in [1.29, 1.82) is 0 Å². The smallest absolute Gasteiger partial charge is 0.338 e. The third-order valence-electron chi connectivity index (χ3n) is 3.81. The summed E-state index contributed by atoms with van der Waals surface area (Å²) in [5.41, 5.74) is 2.54. The molecule has 13 nitrogen and oxygen atoms in total. The monoisotopic (exact) mass is 400 g/mol. The molecule has 0 fully saturated rings. The molecule has 0 aliphatic heterocycles. The zero-order valence-corrected chi connectivity index (χ0v) is 14.3. The van der Waals surface area contributed by atoms with Crippen molar-refractivity contribution in [2.75, 3.05) is 11.1 Å². The van der Waals surface area contributed by atoms with E-state index >= 15 is 0 Å². The molecule has 0 aliphatic rings. The van der Waals surface area contributed by atoms with Crippen LogP contribution in [-0.4, -0.2) is 53.2 Å². The Morgan fingerprint density at radius 3 is 2.34 bits per heavy atom. The van der Waals surface area contributed by atoms with E-state index in [9.17, 15) is 29.4 Å². The number of carboxylic acids is 3. The van der Waals surface area contributed by atoms with Gasteiger partial charge in [0.1, 0.15) is 0 Å². The normalized spacial score (nSPS) is 10.6. The Labute approximate surface area is 159 Å². The summed E-state index contributed by atoms with van der Waals surface area (Å²) in [5.74, 6) is -5.05. The van der Waals surface area contributed by atoms with E-state index in [1.165, 1.54) is 6.20 Å². The molecule has 3 rings (SSSR count). The number of nitrogens with one attached hydrogen (secondary N) is 2. The summed E-state index contributed by atoms with van der Waals surface area (Å²) in [4.78, 5) is 60.3. The zero-order chi connectivity index (χ0) is 21.3. The summed E-state index contributed by atoms with van der Waals surface area (Å²) in [6.07, 6.45) is 1.27. The lowest BCUT2D eigenvalue weighted by molar-refractivity contribution is 0.0633. The lowest BCUT2D eigenvalue weighted by Gasteiger charge is -2.13. The lowest BCUT2D eigenvalue weighted by Crippen LogP contribution is -2.18. The number of hydrogen-bond acceptors (Lipinski definition) is 9. The van der Waals surface area contributed by atoms with Gasteiger partial charge in [0, 0.05) is 5.69 Å². The first-order chi connectivity index (χ1) is 13.7. The Morgan fingerprint density at radius 1 is 1.03 bits per heavy atom. The first kappa shape index (κ1) is 19.2. The number of carbonyl (C=O) groups is 3. The van der Waals surface area contributed by atoms with Gasteiger partial charge in [-0.15, -0.1) is 0 Å². The maximum absolute atomic E-state index is 11.9. The number of hydrogen-bond donors (Lipinski definition) is 6. The first-order valence-corrected chi connectivity index (χ1v) is 7.81. The highest BCUT2D eigenvalue weighted by Crippen LogP contribution is 2.25. The van der Waals surface area contributed by atoms with Gasteiger partial charge in [-0.1, -0.05) is 0 Å². The Morgan fingerprint density at radius 2 is 1.72 bits per heavy atom. The summed E-state index contributed by atoms with van der Waals surface area (Å²) >= 11 is 0. The van der Waals surface area contributed by atoms with Crippen molar-refractivity contribution in [3.05, 3.63) is 51.1 Å². The summed E-state index contributed by atoms with van der Waals surface area (Å²) in [6, 6.07) is 2.10. The molecule has 13 heteroatoms. The van der Waals surface area contributed by atoms with Gasteiger partial charge < -0.3 is 26.4 Å². The molecule has 7 N–H and O–H groups in total. The Balaban J connectivity index is 2.01. The molecule has 0 aliphatic carbocycles. The van der Waals surface area contributed by atoms with Crippen LogP contribution in [0.4, 0.5) is 11.6 Å². The van der Waals surface area contributed by atoms with Crippen LogP contribution in [0.2, 0.25) is 0 Å². The minimum atomic E-state index is -1.70. The topological polar surface area (TPSA) is 221 Å². The van der Waals surface area contributed by atoms with E-state index in [-0.39, 0.29) is 35.0 Å². The van der Waals surface area contributed by atoms with Crippen molar-refractivity contribution in [3.8, 4) is 0 Å². The average molecular weight is 400 g/mol. The second-order valence-electron chi connectivity index (χ2n) is 5.66. The SMILES string of the molecule is Nc1nc2ncc(CNc3ccc(C(=O)O)c(C(=O)O)c3C(=O)O)nc2c(=O)[nH]1. The molecule has 29 heavy (non-hydrogen) atoms. The molecule has 0 atom stereocenters. The highest BCUT2D eigenvalue weighted by molar-refractivity contribution is 6.11. The lowest BCUT2D eigenvalue weighted by atomic mass is 9.98. The van der Waals surface area contributed by atoms with Gasteiger partial charge in [-0.2, -0.15) is 4.98 Å². The summed E-state index contributed by atoms with van der Waals surface area (Å²) in [5, 5.41) is 30.5. The third-order valence-corrected chi connectivity index (χ3v) is 3.81. The number of nitrogens with zero attached hydrogens (tertiary/aromatic N) is 3. The molecule has 1 aromatic carbocycles. The molecule has 0 saturated carbocycles. The van der Waals surface area contributed by atoms with Gasteiger partial charge in [-0.05, 0) is 12.1 Å². The van der Waals surface area contributed by atoms with Gasteiger partial charge in [-0.3, -0.25) is 9.78 Å². The van der Waals surface area contributed by atoms with E-state index in [0.29, 0.717) is 0 Å². The van der Waals surface area contributed by atoms with Gasteiger partial charge in [0.25, 0.3) is 5.56 Å². The van der Waals surface area contributed by atoms with Gasteiger partial charge in [0.05, 0.1) is 35.1 Å². The second kappa shape index (κ2) is 7.22. The standard InChI is InChI=1S/C16H12N6O7/c17-16-21-11-10(12(23)22-16)20-5(4-19-11)3-18-7-2-1-6(13(24)25)8(14(26)27)9(7)15(28)29/h1-2,4,18H,3H2,(H,24,25)(H,26,27)(H,28,29)(H3,17,19,21,22,23). The van der Waals surface area contributed by atoms with Crippen molar-refractivity contribution in [2.45, 2.75) is 6.54 Å². The second-order valence-corrected chi connectivity index (χ2v) is 5.66. The van der Waals surface area contributed by atoms with E-state index in [2.05, 4.69) is 25.3 Å². The number of rotatable bonds is 6. The van der Waals surface area contributed by atoms with Crippen LogP contribution in [0.5, 0.6) is 0 Å². The van der Waals surface area contributed by atoms with Crippen LogP contribution < -0.4 is 16.6 Å². The quantitative estimate of drug-likeness (QED) is 0.322. The van der Waals surface area contributed by atoms with E-state index < -0.39 is 40.2 Å². The van der Waals surface area contributed by atoms with Crippen LogP contribution in [0.15, 0.2) is 23.1 Å². The molecule has 2 aromatic heterocycles. The number of aromatic nitrogens is 4. The number of benzene rings is 1. The van der Waals surface area contributed by atoms with Crippen molar-refractivity contribution < 1.29 is 29.7 Å². The summed E-state index contributed by atoms with van der Waals surface area (Å²) < 4.78 is 0. The van der Waals surface area contributed by atoms with E-state index in [1.807, 2.05) is 0 Å². The van der Waals surface area contributed by atoms with Gasteiger partial charge in [0.2, 0.25) is 5.95 Å². The molecule has 148 valence electrons. The molecule has 0 spiro atoms. The number of nitrogen functional groups attached to an aromatic ring is 1. The number of fused-ring (bicyclic) bond motifs is 1. The average Bonchev–Trinajstić information content (AvgIpc) is 2.65. The van der Waals surface area contributed by atoms with Crippen molar-refractivity contribution >= 4 is 40.7 Å². The summed E-state index contributed by atoms with van der Waals surface area (Å²) in [6.45, 7) is -0.140. The fourth-order valence-corrected chi connectivity index (χ4v) is 2.61. The van der Waals surface area contributed by atoms with Crippen molar-refractivity contribution in [2.24, 2.45) is 0 Å². The molecule has 0 saturated heterocycles. The first-order valence-electron chi connectivity index (χ1n) is 7.81. The highest BCUT2D eigenvalue weighted by Gasteiger charge is 2.27. The third kappa shape index (κ3) is 3.64. The molecule has 2 heterocycles. The maximum Gasteiger partial charge on any atom is 0.338 e. The van der Waals surface area contributed by atoms with E-state index in [1.54, 1.807) is 0 Å². The molecule has 0 radical (unpaired) electrons. The zero-order valence-electron chi connectivity index (χ0n) is 14.3. The molecule has 0 amide bonds. The maximum atomic E-state index is 11.9. The fourth-order valence-electron chi connectivity index (χ4n) is 2.61. The Hall–Kier alpha value is -4.55.